The Bertz CT molecular complexity index is 7760. The first kappa shape index (κ1) is 113. The number of nitrogens with zero attached hydrogens (tertiary/aromatic N) is 9. The Kier molecular flexibility index (Phi) is 37.9. The van der Waals surface area contributed by atoms with E-state index in [2.05, 4.69) is 114 Å². The Hall–Kier alpha value is -16.0. The van der Waals surface area contributed by atoms with Crippen molar-refractivity contribution in [1.29, 1.82) is 0 Å². The van der Waals surface area contributed by atoms with E-state index in [1.54, 1.807) is 70.7 Å². The van der Waals surface area contributed by atoms with Gasteiger partial charge in [-0.15, -0.1) is 0 Å². The number of aromatic amines is 2. The number of imidazole rings is 2. The Morgan fingerprint density at radius 1 is 0.396 bits per heavy atom. The first-order valence-corrected chi connectivity index (χ1v) is 48.1. The number of nitrogen functional groups attached to an aromatic ring is 4. The quantitative estimate of drug-likeness (QED) is 0.0122. The third kappa shape index (κ3) is 26.5. The summed E-state index contributed by atoms with van der Waals surface area (Å²) in [5.74, 6) is 1.19. The molecular weight excluding hydrogens is 2060 g/mol. The minimum atomic E-state index is -0.610. The molecule has 9 heterocycles. The van der Waals surface area contributed by atoms with Gasteiger partial charge in [-0.1, -0.05) is 144 Å². The molecule has 0 bridgehead atoms. The van der Waals surface area contributed by atoms with Gasteiger partial charge in [0, 0.05) is 59.3 Å². The van der Waals surface area contributed by atoms with Crippen LogP contribution in [0, 0.1) is 83.1 Å². The number of primary amides is 1. The van der Waals surface area contributed by atoms with Crippen molar-refractivity contribution in [3.63, 3.8) is 0 Å². The number of esters is 5. The molecule has 0 atom stereocenters. The van der Waals surface area contributed by atoms with E-state index in [0.717, 1.165) is 124 Å². The van der Waals surface area contributed by atoms with Gasteiger partial charge >= 0.3 is 73.1 Å². The second-order valence-corrected chi connectivity index (χ2v) is 37.1. The van der Waals surface area contributed by atoms with Crippen molar-refractivity contribution in [2.45, 2.75) is 148 Å². The molecule has 17 aromatic rings. The molecule has 1 fully saturated rings. The zero-order valence-electron chi connectivity index (χ0n) is 85.9. The van der Waals surface area contributed by atoms with Gasteiger partial charge < -0.3 is 98.8 Å². The molecule has 18 rings (SSSR count). The first-order valence-electron chi connectivity index (χ1n) is 46.1. The average molecular weight is 2170 g/mol. The van der Waals surface area contributed by atoms with Crippen molar-refractivity contribution in [3.05, 3.63) is 330 Å². The summed E-state index contributed by atoms with van der Waals surface area (Å²) in [5.41, 5.74) is 51.2. The molecule has 1 aliphatic rings. The molecule has 1 amide bonds. The predicted octanol–water partition coefficient (Wildman–Crippen LogP) is 19.3. The summed E-state index contributed by atoms with van der Waals surface area (Å²) in [6.45, 7) is 31.0. The summed E-state index contributed by atoms with van der Waals surface area (Å²) in [6, 6.07) is 54.1. The van der Waals surface area contributed by atoms with Gasteiger partial charge in [-0.05, 0) is 268 Å². The molecule has 42 heteroatoms. The third-order valence-electron chi connectivity index (χ3n) is 24.6. The fraction of sp³-hybridized carbons (Fsp3) is 0.252. The van der Waals surface area contributed by atoms with E-state index in [1.165, 1.54) is 41.1 Å². The number of rotatable bonds is 19. The van der Waals surface area contributed by atoms with Crippen molar-refractivity contribution in [2.24, 2.45) is 10.0 Å². The number of carbonyl (C=O) groups is 6. The number of halogens is 2. The number of H-pyrrole nitrogens is 2. The second kappa shape index (κ2) is 49.9. The van der Waals surface area contributed by atoms with Crippen molar-refractivity contribution in [3.8, 4) is 55.6 Å². The van der Waals surface area contributed by atoms with Crippen molar-refractivity contribution in [1.82, 2.24) is 50.0 Å². The van der Waals surface area contributed by atoms with Crippen LogP contribution < -0.4 is 45.5 Å². The van der Waals surface area contributed by atoms with Crippen LogP contribution in [0.5, 0.6) is 0 Å². The van der Waals surface area contributed by atoms with Gasteiger partial charge in [0.05, 0.1) is 155 Å². The van der Waals surface area contributed by atoms with E-state index in [0.29, 0.717) is 130 Å². The number of hydrogen-bond donors (Lipinski definition) is 8. The van der Waals surface area contributed by atoms with Crippen LogP contribution >= 0.6 is 44.7 Å². The Labute approximate surface area is 880 Å². The van der Waals surface area contributed by atoms with Crippen molar-refractivity contribution < 1.29 is 88.9 Å². The van der Waals surface area contributed by atoms with Gasteiger partial charge in [-0.2, -0.15) is 0 Å². The average Bonchev–Trinajstić information content (AvgIpc) is 1.62. The zero-order valence-corrected chi connectivity index (χ0v) is 90.0. The fourth-order valence-electron chi connectivity index (χ4n) is 16.5. The number of benzene rings is 9. The van der Waals surface area contributed by atoms with Gasteiger partial charge in [-0.25, -0.2) is 33.6 Å². The summed E-state index contributed by atoms with van der Waals surface area (Å²) in [4.78, 5) is 102. The number of methoxy groups -OCH3 is 5. The summed E-state index contributed by atoms with van der Waals surface area (Å²) in [5, 5.41) is 23.7. The number of nitrogens with two attached hydrogens (primary N) is 5. The summed E-state index contributed by atoms with van der Waals surface area (Å²) in [6.07, 6.45) is 1.55. The van der Waals surface area contributed by atoms with E-state index < -0.39 is 35.8 Å². The molecule has 0 aliphatic carbocycles. The number of carbonyl (C=O) groups excluding carboxylic acids is 6. The molecule has 1 aliphatic heterocycles. The third-order valence-corrected chi connectivity index (χ3v) is 25.8. The van der Waals surface area contributed by atoms with Crippen molar-refractivity contribution in [2.75, 3.05) is 58.5 Å². The number of ether oxygens (including phenoxy) is 5. The molecule has 0 saturated carbocycles. The van der Waals surface area contributed by atoms with E-state index in [1.807, 2.05) is 213 Å². The van der Waals surface area contributed by atoms with Gasteiger partial charge in [0.25, 0.3) is 5.91 Å². The summed E-state index contributed by atoms with van der Waals surface area (Å²) < 4.78 is 74.2. The molecular formula is C107H113B2Br2N16O21S. The van der Waals surface area contributed by atoms with Crippen LogP contribution in [0.1, 0.15) is 181 Å². The fourth-order valence-corrected chi connectivity index (χ4v) is 17.3. The summed E-state index contributed by atoms with van der Waals surface area (Å²) >= 11 is 9.77. The molecule has 9 aromatic carbocycles. The van der Waals surface area contributed by atoms with Crippen LogP contribution in [0.15, 0.2) is 226 Å². The predicted molar refractivity (Wildman–Crippen MR) is 578 cm³/mol. The van der Waals surface area contributed by atoms with Crippen molar-refractivity contribution >= 4 is 145 Å². The standard InChI is InChI=1S/C21H19N3O4.C21H22N2O3.C20H18N4O3.C13H13BrN2O3.C13H14N2O3.C11H18BNO3.C8H8BrNO2.BHNS/c1-12-18(13(2)28-23-12)15-9-16(20(25)27-3)19-17(10-15)24(21(26)22-19)11-14-7-5-4-6-8-14;1-13-19(14(2)26-23-13)17-11-16(10-9-15-7-5-4-6-8-15)20(22)18(12-17)21(24)25-3;1-11-17(12(2)27-23-11)14-8-15(19(21)25)18-16(9-14)24(20(26)22-18)10-13-6-4-3-5-7-13;1-6-11(7(2)19-16-6)8-4-9(13(17)18-3)12(15)10(14)5-8;1-7-12(8(2)18-15-7)9-4-5-11(14)10(6-9)13(16)17-3;1-7-9(8(2)14-13-7)12-15-10(3,4)11(5,6)16-12;1-12-8(11)6-4-5(9)2-3-7(6)10;1-2-3/h4-10H,11H2,1-3H3,(H,22,26);4-8,11-12H,9-10,22H2,1-3H3;3-9H,10H2,1-2H3,(H2,21,25)(H,22,26);4-5H,15H2,1-3H3;4-6H,14H2,1-3H3;1-6H3;2-4H,10H2,1H3;3H. The number of fused-ring (bicyclic) bond motifs is 2. The topological polar surface area (TPSA) is 541 Å². The van der Waals surface area contributed by atoms with Crippen LogP contribution in [-0.2, 0) is 58.9 Å². The molecule has 1 radical (unpaired) electrons. The maximum atomic E-state index is 12.7. The minimum absolute atomic E-state index is 0.256. The maximum absolute atomic E-state index is 12.7. The van der Waals surface area contributed by atoms with E-state index in [-0.39, 0.29) is 35.3 Å². The van der Waals surface area contributed by atoms with Crippen LogP contribution in [0.3, 0.4) is 0 Å². The van der Waals surface area contributed by atoms with Gasteiger partial charge in [0.1, 0.15) is 34.6 Å². The Morgan fingerprint density at radius 3 is 1.09 bits per heavy atom. The normalized spacial score (nSPS) is 11.9. The number of thiol groups is 1. The Morgan fingerprint density at radius 2 is 0.711 bits per heavy atom. The SMILES string of the molecule is COC(=O)c1cc(-c2c(C)noc2C)cc(Br)c1N.COC(=O)c1cc(-c2c(C)noc2C)cc(CCc2ccccc2)c1N.COC(=O)c1cc(-c2c(C)noc2C)cc2c1[nH]c(=O)n2Cc1ccccc1.COC(=O)c1cc(-c2c(C)noc2C)ccc1N.COC(=O)c1cc(Br)ccc1N.Cc1noc(C)c1-c1cc(C(N)=O)c2[nH]c(=O)n(Cc3ccccc3)c2c1.Cc1noc(C)c1B1OC(C)(C)C(C)(C)O1.[B]=NS. The Balaban J connectivity index is 0.000000167. The molecule has 37 nitrogen and oxygen atoms in total. The number of nitrogens with one attached hydrogen (secondary N) is 2. The molecule has 149 heavy (non-hydrogen) atoms. The van der Waals surface area contributed by atoms with Crippen LogP contribution in [0.2, 0.25) is 0 Å². The number of amides is 1. The molecule has 1 saturated heterocycles. The van der Waals surface area contributed by atoms with Gasteiger partial charge in [0.15, 0.2) is 0 Å². The second-order valence-electron chi connectivity index (χ2n) is 35.1. The zero-order chi connectivity index (χ0) is 109. The number of hydrogen-bond acceptors (Lipinski definition) is 33. The first-order chi connectivity index (χ1) is 70.7. The van der Waals surface area contributed by atoms with Crippen LogP contribution in [-0.4, -0.2) is 147 Å². The molecule has 0 unspecified atom stereocenters. The number of aryl methyl sites for hydroxylation is 14. The van der Waals surface area contributed by atoms with Crippen LogP contribution in [0.4, 0.5) is 22.7 Å². The number of aromatic nitrogens is 10. The molecule has 12 N–H and O–H groups in total. The molecule has 0 spiro atoms. The van der Waals surface area contributed by atoms with Gasteiger partial charge in [0.2, 0.25) is 0 Å². The van der Waals surface area contributed by atoms with Gasteiger partial charge in [-0.3, -0.25) is 13.9 Å². The monoisotopic (exact) mass is 2170 g/mol. The van der Waals surface area contributed by atoms with E-state index >= 15 is 0 Å². The molecule has 773 valence electrons. The molecule has 8 aromatic heterocycles. The van der Waals surface area contributed by atoms with E-state index in [4.69, 9.17) is 84.1 Å². The summed E-state index contributed by atoms with van der Waals surface area (Å²) in [7, 11) is 10.6. The number of anilines is 4. The van der Waals surface area contributed by atoms with Crippen LogP contribution in [0.25, 0.3) is 77.7 Å². The van der Waals surface area contributed by atoms with E-state index in [9.17, 15) is 38.4 Å².